The summed E-state index contributed by atoms with van der Waals surface area (Å²) >= 11 is 11.2. The van der Waals surface area contributed by atoms with Gasteiger partial charge >= 0.3 is 29.6 Å². The van der Waals surface area contributed by atoms with E-state index in [1.54, 1.807) is 0 Å². The first kappa shape index (κ1) is 10.2. The Morgan fingerprint density at radius 2 is 2.00 bits per heavy atom. The summed E-state index contributed by atoms with van der Waals surface area (Å²) in [7, 11) is 0. The fourth-order valence-electron chi connectivity index (χ4n) is 0.734. The molecule has 0 aliphatic heterocycles. The number of imidazole rings is 1. The summed E-state index contributed by atoms with van der Waals surface area (Å²) in [4.78, 5) is 15.1. The van der Waals surface area contributed by atoms with Crippen LogP contribution < -0.4 is 34.5 Å². The van der Waals surface area contributed by atoms with Crippen LogP contribution in [0.15, 0.2) is 6.33 Å². The Morgan fingerprint density at radius 3 is 2.75 bits per heavy atom. The third-order valence-electron chi connectivity index (χ3n) is 1.16. The Hall–Kier alpha value is 0.130. The maximum Gasteiger partial charge on any atom is 1.00 e. The minimum absolute atomic E-state index is 0. The van der Waals surface area contributed by atoms with E-state index in [1.807, 2.05) is 0 Å². The second-order valence-electron chi connectivity index (χ2n) is 1.83. The van der Waals surface area contributed by atoms with E-state index in [-0.39, 0.29) is 40.0 Å². The zero-order valence-corrected chi connectivity index (χ0v) is 9.63. The molecule has 0 atom stereocenters. The van der Waals surface area contributed by atoms with Crippen molar-refractivity contribution in [2.45, 2.75) is 0 Å². The van der Waals surface area contributed by atoms with Crippen molar-refractivity contribution in [3.05, 3.63) is 16.8 Å². The zero-order valence-electron chi connectivity index (χ0n) is 6.12. The Kier molecular flexibility index (Phi) is 3.31. The van der Waals surface area contributed by atoms with Crippen LogP contribution in [0.5, 0.6) is 0 Å². The molecule has 0 bridgehead atoms. The van der Waals surface area contributed by atoms with Gasteiger partial charge in [0.1, 0.15) is 5.15 Å². The first-order valence-electron chi connectivity index (χ1n) is 2.74. The summed E-state index contributed by atoms with van der Waals surface area (Å²) in [6.45, 7) is 0. The van der Waals surface area contributed by atoms with E-state index in [4.69, 9.17) is 23.2 Å². The molecule has 0 spiro atoms. The van der Waals surface area contributed by atoms with Crippen molar-refractivity contribution in [2.24, 2.45) is 0 Å². The molecule has 0 aliphatic carbocycles. The number of hydrogen-bond donors (Lipinski definition) is 0. The van der Waals surface area contributed by atoms with Gasteiger partial charge in [-0.05, 0) is 6.33 Å². The van der Waals surface area contributed by atoms with Crippen LogP contribution in [-0.4, -0.2) is 15.0 Å². The molecule has 2 heterocycles. The van der Waals surface area contributed by atoms with Crippen LogP contribution in [0.1, 0.15) is 0 Å². The van der Waals surface area contributed by atoms with E-state index in [9.17, 15) is 0 Å². The minimum atomic E-state index is 0. The minimum Gasteiger partial charge on any atom is -0.365 e. The van der Waals surface area contributed by atoms with Crippen molar-refractivity contribution in [3.8, 4) is 0 Å². The van der Waals surface area contributed by atoms with E-state index >= 15 is 0 Å². The molecule has 0 radical (unpaired) electrons. The molecule has 2 aromatic heterocycles. The van der Waals surface area contributed by atoms with Gasteiger partial charge in [-0.25, -0.2) is 4.98 Å². The molecule has 2 aromatic rings. The van der Waals surface area contributed by atoms with Gasteiger partial charge in [-0.2, -0.15) is 0 Å². The maximum atomic E-state index is 5.67. The Morgan fingerprint density at radius 1 is 1.25 bits per heavy atom. The predicted molar refractivity (Wildman–Crippen MR) is 40.7 cm³/mol. The predicted octanol–water partition coefficient (Wildman–Crippen LogP) is -1.71. The molecule has 7 heteroatoms. The smallest absolute Gasteiger partial charge is 0.365 e. The average Bonchev–Trinajstić information content (AvgIpc) is 2.34. The van der Waals surface area contributed by atoms with E-state index in [2.05, 4.69) is 19.9 Å². The van der Waals surface area contributed by atoms with Crippen molar-refractivity contribution >= 4 is 34.4 Å². The van der Waals surface area contributed by atoms with E-state index in [0.717, 1.165) is 0 Å². The number of halogens is 2. The molecule has 4 nitrogen and oxygen atoms in total. The quantitative estimate of drug-likeness (QED) is 0.296. The molecule has 0 saturated carbocycles. The summed E-state index contributed by atoms with van der Waals surface area (Å²) in [6.07, 6.45) is 1.36. The molecule has 56 valence electrons. The van der Waals surface area contributed by atoms with Gasteiger partial charge in [0, 0.05) is 11.2 Å². The van der Waals surface area contributed by atoms with E-state index in [1.165, 1.54) is 6.33 Å². The van der Waals surface area contributed by atoms with Gasteiger partial charge in [0.15, 0.2) is 5.28 Å². The maximum absolute atomic E-state index is 5.67. The largest absolute Gasteiger partial charge is 1.00 e. The van der Waals surface area contributed by atoms with Gasteiger partial charge in [-0.1, -0.05) is 23.2 Å². The molecule has 0 aliphatic rings. The van der Waals surface area contributed by atoms with Gasteiger partial charge in [0.2, 0.25) is 0 Å². The standard InChI is InChI=1S/C5HCl2N4.Na/c6-3-2-4(9-1-8-2)11-5(7)10-3;/h1H;/q-1;+1. The van der Waals surface area contributed by atoms with Crippen LogP contribution >= 0.6 is 23.2 Å². The van der Waals surface area contributed by atoms with Crippen molar-refractivity contribution in [1.29, 1.82) is 0 Å². The van der Waals surface area contributed by atoms with Crippen LogP contribution in [0.3, 0.4) is 0 Å². The van der Waals surface area contributed by atoms with Crippen molar-refractivity contribution in [3.63, 3.8) is 0 Å². The number of rotatable bonds is 0. The molecule has 12 heavy (non-hydrogen) atoms. The van der Waals surface area contributed by atoms with Crippen molar-refractivity contribution in [1.82, 2.24) is 19.9 Å². The van der Waals surface area contributed by atoms with Crippen LogP contribution in [0.4, 0.5) is 0 Å². The third kappa shape index (κ3) is 1.72. The van der Waals surface area contributed by atoms with Gasteiger partial charge in [-0.3, -0.25) is 0 Å². The van der Waals surface area contributed by atoms with Gasteiger partial charge in [0.05, 0.1) is 0 Å². The van der Waals surface area contributed by atoms with Crippen LogP contribution in [-0.2, 0) is 0 Å². The molecule has 0 unspecified atom stereocenters. The molecular weight excluding hydrogens is 210 g/mol. The Balaban J connectivity index is 0.000000720. The Labute approximate surface area is 100 Å². The van der Waals surface area contributed by atoms with E-state index < -0.39 is 0 Å². The van der Waals surface area contributed by atoms with E-state index in [0.29, 0.717) is 11.2 Å². The van der Waals surface area contributed by atoms with Crippen LogP contribution in [0.2, 0.25) is 10.4 Å². The van der Waals surface area contributed by atoms with Crippen LogP contribution in [0.25, 0.3) is 11.2 Å². The van der Waals surface area contributed by atoms with Gasteiger partial charge < -0.3 is 15.0 Å². The molecule has 0 N–H and O–H groups in total. The monoisotopic (exact) mass is 210 g/mol. The summed E-state index contributed by atoms with van der Waals surface area (Å²) in [5.74, 6) is 0. The number of aromatic nitrogens is 4. The SMILES string of the molecule is Clc1nc(Cl)c2nc[n-]c2n1.[Na+]. The second-order valence-corrected chi connectivity index (χ2v) is 2.53. The molecule has 0 saturated heterocycles. The molecule has 2 rings (SSSR count). The van der Waals surface area contributed by atoms with Crippen LogP contribution in [0, 0.1) is 0 Å². The van der Waals surface area contributed by atoms with Crippen molar-refractivity contribution in [2.75, 3.05) is 0 Å². The molecule has 0 fully saturated rings. The fraction of sp³-hybridized carbons (Fsp3) is 0. The summed E-state index contributed by atoms with van der Waals surface area (Å²) in [5.41, 5.74) is 0.908. The topological polar surface area (TPSA) is 52.8 Å². The normalized spacial score (nSPS) is 9.83. The number of hydrogen-bond acceptors (Lipinski definition) is 3. The second kappa shape index (κ2) is 3.89. The molecule has 0 aromatic carbocycles. The molecule has 0 amide bonds. The number of fused-ring (bicyclic) bond motifs is 1. The Bertz CT molecular complexity index is 401. The summed E-state index contributed by atoms with van der Waals surface area (Å²) < 4.78 is 0. The first-order valence-corrected chi connectivity index (χ1v) is 3.49. The summed E-state index contributed by atoms with van der Waals surface area (Å²) in [6, 6.07) is 0. The van der Waals surface area contributed by atoms with Gasteiger partial charge in [0.25, 0.3) is 0 Å². The zero-order chi connectivity index (χ0) is 7.84. The fourth-order valence-corrected chi connectivity index (χ4v) is 1.16. The van der Waals surface area contributed by atoms with Gasteiger partial charge in [-0.15, -0.1) is 0 Å². The first-order chi connectivity index (χ1) is 5.27. The van der Waals surface area contributed by atoms with Crippen molar-refractivity contribution < 1.29 is 29.6 Å². The molecular formula is C5HCl2N4Na. The average molecular weight is 211 g/mol. The summed E-state index contributed by atoms with van der Waals surface area (Å²) in [5, 5.41) is 0.320. The number of nitrogens with zero attached hydrogens (tertiary/aromatic N) is 4. The third-order valence-corrected chi connectivity index (χ3v) is 1.60.